The summed E-state index contributed by atoms with van der Waals surface area (Å²) in [5, 5.41) is 5.39. The average molecular weight is 1850 g/mol. The zero-order valence-electron chi connectivity index (χ0n) is 73.2. The summed E-state index contributed by atoms with van der Waals surface area (Å²) in [7, 11) is 1.62. The van der Waals surface area contributed by atoms with Gasteiger partial charge in [0, 0.05) is 93.6 Å². The molecule has 21 nitrogen and oxygen atoms in total. The lowest BCUT2D eigenvalue weighted by atomic mass is 10.0. The van der Waals surface area contributed by atoms with Crippen LogP contribution in [-0.2, 0) is 102 Å². The molecule has 4 amide bonds. The third-order valence-electron chi connectivity index (χ3n) is 17.6. The molecule has 0 radical (unpaired) electrons. The molecule has 9 aromatic carbocycles. The summed E-state index contributed by atoms with van der Waals surface area (Å²) in [6, 6.07) is 89.9. The van der Waals surface area contributed by atoms with E-state index in [4.69, 9.17) is 60.4 Å². The van der Waals surface area contributed by atoms with Gasteiger partial charge in [-0.05, 0) is 138 Å². The third-order valence-corrected chi connectivity index (χ3v) is 20.1. The summed E-state index contributed by atoms with van der Waals surface area (Å²) in [6.07, 6.45) is 10.7. The number of nitrogens with zero attached hydrogens (tertiary/aromatic N) is 2. The molecule has 9 rings (SSSR count). The standard InChI is InChI=1S/2C17H20N2O2.C14H22N2O2.C11H16N2O.C11H15NOS.2C10H15NS.C8H17NOS.6CH4/c18-17(11-15-7-3-1-4-8-15)12-19(14-20)21-13-16-9-5-2-6-10-16;18-16(11-14-7-3-1-4-8-14)12-17(20)19-21-13-15-9-5-2-6-10-15;1-12(2)8-14(15)9-16(11-17)18-10-13-6-4-3-5-7-13;1-13-11(14)8-10(12)7-9-5-3-2-4-6-9;1-9(13)14-8-11(12)7-10-5-3-2-4-6-10;2*11-10(6-7-12)8-9-4-2-1-3-5-9;1-6(2)4-8(9)5-11-7(3)10;;;;;;/h1-10,14,17H,11-13,18H2;1-10,16H,11-13,18H2,(H,19,20);3-7,11-12,14H,8-10,15H2,1-2H3;2-6,10H,7-8,12H2,1H3,(H,13,14);2-6,11H,7-8,12H2,1H3;2*1-5,10,12H,6-8,11H2;6,8H,4-5,9H2,1-3H3;6*1H4. The fraction of sp³-hybridized carbons (Fsp3) is 0.423. The molecule has 9 aromatic rings. The predicted octanol–water partition coefficient (Wildman–Crippen LogP) is 18.0. The number of benzene rings is 9. The van der Waals surface area contributed by atoms with Crippen molar-refractivity contribution in [2.45, 2.75) is 231 Å². The second-order valence-electron chi connectivity index (χ2n) is 30.4. The molecule has 718 valence electrons. The first-order chi connectivity index (χ1) is 59.2. The summed E-state index contributed by atoms with van der Waals surface area (Å²) < 4.78 is 0. The first-order valence-electron chi connectivity index (χ1n) is 41.9. The second-order valence-corrected chi connectivity index (χ2v) is 33.7. The highest BCUT2D eigenvalue weighted by molar-refractivity contribution is 8.13. The van der Waals surface area contributed by atoms with Gasteiger partial charge in [-0.15, -0.1) is 0 Å². The van der Waals surface area contributed by atoms with Gasteiger partial charge in [0.1, 0.15) is 13.2 Å². The molecule has 129 heavy (non-hydrogen) atoms. The van der Waals surface area contributed by atoms with Crippen molar-refractivity contribution >= 4 is 83.6 Å². The van der Waals surface area contributed by atoms with Gasteiger partial charge in [-0.1, -0.05) is 369 Å². The summed E-state index contributed by atoms with van der Waals surface area (Å²) >= 11 is 10.9. The molecular weight excluding hydrogens is 1690 g/mol. The number of hydrogen-bond acceptors (Lipinski definition) is 21. The van der Waals surface area contributed by atoms with Crippen molar-refractivity contribution in [3.05, 3.63) is 323 Å². The SMILES string of the molecule is C.C.C.C.C.C.CC(=O)SCC(N)CC(C)C.CC(=O)SCC(N)Cc1ccccc1.CC(C)CC(N)CN(C=O)OCc1ccccc1.CNC(=O)CC(N)Cc1ccccc1.NC(CC(=O)NOCc1ccccc1)Cc1ccccc1.NC(CCS)Cc1ccccc1.NC(CCS)Cc1ccccc1.NC(Cc1ccccc1)CN(C=O)OCc1ccccc1. The molecule has 0 aliphatic rings. The van der Waals surface area contributed by atoms with E-state index in [1.165, 1.54) is 55.9 Å². The van der Waals surface area contributed by atoms with Crippen LogP contribution >= 0.6 is 48.8 Å². The quantitative estimate of drug-likeness (QED) is 0.00959. The topological polar surface area (TPSA) is 369 Å². The zero-order valence-corrected chi connectivity index (χ0v) is 76.6. The van der Waals surface area contributed by atoms with Gasteiger partial charge >= 0.3 is 0 Å². The van der Waals surface area contributed by atoms with E-state index in [9.17, 15) is 28.8 Å². The maximum atomic E-state index is 11.7. The lowest BCUT2D eigenvalue weighted by molar-refractivity contribution is -0.179. The fourth-order valence-corrected chi connectivity index (χ4v) is 13.5. The van der Waals surface area contributed by atoms with E-state index in [1.807, 2.05) is 237 Å². The molecule has 0 bridgehead atoms. The minimum absolute atomic E-state index is 0. The Kier molecular flexibility index (Phi) is 83.3. The van der Waals surface area contributed by atoms with Crippen molar-refractivity contribution in [3.8, 4) is 0 Å². The molecule has 8 atom stereocenters. The van der Waals surface area contributed by atoms with Crippen LogP contribution in [0.15, 0.2) is 273 Å². The number of carbonyl (C=O) groups is 6. The first kappa shape index (κ1) is 129. The van der Waals surface area contributed by atoms with Crippen LogP contribution in [0.5, 0.6) is 0 Å². The molecule has 0 fully saturated rings. The highest BCUT2D eigenvalue weighted by atomic mass is 32.2. The van der Waals surface area contributed by atoms with Gasteiger partial charge in [-0.3, -0.25) is 43.3 Å². The van der Waals surface area contributed by atoms with Crippen LogP contribution in [0.2, 0.25) is 0 Å². The largest absolute Gasteiger partial charge is 0.359 e. The summed E-state index contributed by atoms with van der Waals surface area (Å²) in [5.74, 6) is 4.13. The molecule has 8 unspecified atom stereocenters. The van der Waals surface area contributed by atoms with E-state index >= 15 is 0 Å². The Morgan fingerprint density at radius 1 is 0.341 bits per heavy atom. The molecule has 0 aromatic heterocycles. The number of hydrogen-bond donors (Lipinski definition) is 12. The molecule has 0 spiro atoms. The van der Waals surface area contributed by atoms with Crippen LogP contribution in [-0.4, -0.2) is 136 Å². The van der Waals surface area contributed by atoms with Gasteiger partial charge in [0.05, 0.1) is 19.7 Å². The van der Waals surface area contributed by atoms with Gasteiger partial charge in [-0.25, -0.2) is 15.6 Å². The van der Waals surface area contributed by atoms with Crippen molar-refractivity contribution in [1.29, 1.82) is 0 Å². The fourth-order valence-electron chi connectivity index (χ4n) is 11.7. The minimum Gasteiger partial charge on any atom is -0.359 e. The van der Waals surface area contributed by atoms with Crippen molar-refractivity contribution in [2.24, 2.45) is 57.7 Å². The number of thioether (sulfide) groups is 2. The number of hydroxylamine groups is 5. The molecule has 0 aliphatic carbocycles. The molecule has 25 heteroatoms. The van der Waals surface area contributed by atoms with Gasteiger partial charge in [-0.2, -0.15) is 25.3 Å². The second kappa shape index (κ2) is 83.5. The van der Waals surface area contributed by atoms with Crippen LogP contribution in [0.4, 0.5) is 0 Å². The highest BCUT2D eigenvalue weighted by Crippen LogP contribution is 2.15. The van der Waals surface area contributed by atoms with Gasteiger partial charge < -0.3 is 51.2 Å². The molecule has 0 heterocycles. The van der Waals surface area contributed by atoms with Crippen LogP contribution in [0.25, 0.3) is 0 Å². The van der Waals surface area contributed by atoms with E-state index < -0.39 is 0 Å². The van der Waals surface area contributed by atoms with Crippen LogP contribution < -0.4 is 56.7 Å². The van der Waals surface area contributed by atoms with Gasteiger partial charge in [0.25, 0.3) is 0 Å². The van der Waals surface area contributed by atoms with Crippen LogP contribution in [0.3, 0.4) is 0 Å². The Morgan fingerprint density at radius 3 is 0.853 bits per heavy atom. The normalized spacial score (nSPS) is 11.8. The lowest BCUT2D eigenvalue weighted by Crippen LogP contribution is -2.38. The van der Waals surface area contributed by atoms with Gasteiger partial charge in [0.2, 0.25) is 24.6 Å². The molecule has 18 N–H and O–H groups in total. The monoisotopic (exact) mass is 1850 g/mol. The highest BCUT2D eigenvalue weighted by Gasteiger charge is 2.16. The van der Waals surface area contributed by atoms with E-state index in [-0.39, 0.29) is 121 Å². The number of amides is 4. The molecule has 0 aliphatic heterocycles. The molecule has 0 saturated carbocycles. The summed E-state index contributed by atoms with van der Waals surface area (Å²) in [4.78, 5) is 82.0. The molecular formula is C104H164N12O9S4. The number of carbonyl (C=O) groups excluding carboxylic acids is 6. The average Bonchev–Trinajstić information content (AvgIpc) is 0.914. The smallest absolute Gasteiger partial charge is 0.245 e. The number of nitrogens with one attached hydrogen (secondary N) is 2. The maximum absolute atomic E-state index is 11.7. The van der Waals surface area contributed by atoms with Crippen molar-refractivity contribution in [3.63, 3.8) is 0 Å². The third kappa shape index (κ3) is 73.5. The Bertz CT molecular complexity index is 4020. The van der Waals surface area contributed by atoms with Crippen LogP contribution in [0.1, 0.15) is 175 Å². The Morgan fingerprint density at radius 2 is 0.581 bits per heavy atom. The number of rotatable bonds is 43. The van der Waals surface area contributed by atoms with E-state index in [2.05, 4.69) is 100 Å². The predicted molar refractivity (Wildman–Crippen MR) is 558 cm³/mol. The van der Waals surface area contributed by atoms with Crippen molar-refractivity contribution in [1.82, 2.24) is 20.9 Å². The van der Waals surface area contributed by atoms with E-state index in [1.54, 1.807) is 20.9 Å². The van der Waals surface area contributed by atoms with Gasteiger partial charge in [0.15, 0.2) is 10.2 Å². The van der Waals surface area contributed by atoms with Crippen LogP contribution in [0, 0.1) is 11.8 Å². The zero-order chi connectivity index (χ0) is 90.5. The Balaban J connectivity index is -0.000000456. The number of nitrogens with two attached hydrogens (primary N) is 8. The summed E-state index contributed by atoms with van der Waals surface area (Å²) in [5.41, 5.74) is 59.9. The van der Waals surface area contributed by atoms with Crippen molar-refractivity contribution in [2.75, 3.05) is 43.1 Å². The summed E-state index contributed by atoms with van der Waals surface area (Å²) in [6.45, 7) is 13.5. The van der Waals surface area contributed by atoms with Crippen molar-refractivity contribution < 1.29 is 43.3 Å². The Hall–Kier alpha value is -8.84. The lowest BCUT2D eigenvalue weighted by Gasteiger charge is -2.22. The minimum atomic E-state index is -0.215. The maximum Gasteiger partial charge on any atom is 0.245 e. The van der Waals surface area contributed by atoms with E-state index in [0.29, 0.717) is 82.6 Å². The first-order valence-corrected chi connectivity index (χ1v) is 45.1. The molecule has 0 saturated heterocycles. The van der Waals surface area contributed by atoms with E-state index in [0.717, 1.165) is 96.4 Å². The number of thiol groups is 2. The Labute approximate surface area is 797 Å².